The minimum Gasteiger partial charge on any atom is -0.460 e. The van der Waals surface area contributed by atoms with E-state index in [0.29, 0.717) is 17.9 Å². The third-order valence-corrected chi connectivity index (χ3v) is 1.81. The predicted octanol–water partition coefficient (Wildman–Crippen LogP) is 1.54. The van der Waals surface area contributed by atoms with Crippen LogP contribution in [-0.4, -0.2) is 0 Å². The van der Waals surface area contributed by atoms with Gasteiger partial charge in [0.1, 0.15) is 17.2 Å². The molecule has 0 bridgehead atoms. The molecule has 2 rings (SSSR count). The molecule has 0 aliphatic carbocycles. The molecule has 2 aromatic rings. The number of nitrogens with one attached hydrogen (secondary N) is 1. The van der Waals surface area contributed by atoms with Crippen LogP contribution in [-0.2, 0) is 6.54 Å². The van der Waals surface area contributed by atoms with Crippen LogP contribution in [0.25, 0.3) is 11.0 Å². The summed E-state index contributed by atoms with van der Waals surface area (Å²) in [5, 5.41) is 0.755. The quantitative estimate of drug-likeness (QED) is 0.544. The molecule has 1 heterocycles. The number of hydrogen-bond donors (Lipinski definition) is 2. The smallest absolute Gasteiger partial charge is 0.134 e. The zero-order valence-electron chi connectivity index (χ0n) is 6.88. The SMILES string of the molecule is NNCc1cc2cc(F)ccc2o1. The van der Waals surface area contributed by atoms with Gasteiger partial charge >= 0.3 is 0 Å². The summed E-state index contributed by atoms with van der Waals surface area (Å²) >= 11 is 0. The fourth-order valence-corrected chi connectivity index (χ4v) is 1.26. The number of furan rings is 1. The monoisotopic (exact) mass is 180 g/mol. The van der Waals surface area contributed by atoms with Gasteiger partial charge in [0.25, 0.3) is 0 Å². The minimum absolute atomic E-state index is 0.263. The van der Waals surface area contributed by atoms with Gasteiger partial charge in [-0.25, -0.2) is 4.39 Å². The number of hydrogen-bond acceptors (Lipinski definition) is 3. The van der Waals surface area contributed by atoms with Gasteiger partial charge in [0.2, 0.25) is 0 Å². The molecule has 0 radical (unpaired) electrons. The lowest BCUT2D eigenvalue weighted by Crippen LogP contribution is -2.20. The first-order valence-electron chi connectivity index (χ1n) is 3.91. The molecule has 0 saturated carbocycles. The van der Waals surface area contributed by atoms with Crippen LogP contribution in [0.4, 0.5) is 4.39 Å². The van der Waals surface area contributed by atoms with Gasteiger partial charge < -0.3 is 4.42 Å². The Kier molecular flexibility index (Phi) is 2.00. The Morgan fingerprint density at radius 2 is 2.23 bits per heavy atom. The summed E-state index contributed by atoms with van der Waals surface area (Å²) in [4.78, 5) is 0. The van der Waals surface area contributed by atoms with E-state index in [-0.39, 0.29) is 5.82 Å². The molecule has 1 aromatic heterocycles. The summed E-state index contributed by atoms with van der Waals surface area (Å²) in [6, 6.07) is 6.16. The van der Waals surface area contributed by atoms with E-state index in [9.17, 15) is 4.39 Å². The number of fused-ring (bicyclic) bond motifs is 1. The summed E-state index contributed by atoms with van der Waals surface area (Å²) in [7, 11) is 0. The molecule has 68 valence electrons. The van der Waals surface area contributed by atoms with Crippen molar-refractivity contribution >= 4 is 11.0 Å². The average Bonchev–Trinajstić information content (AvgIpc) is 2.46. The standard InChI is InChI=1S/C9H9FN2O/c10-7-1-2-9-6(3-7)4-8(13-9)5-12-11/h1-4,12H,5,11H2. The molecular formula is C9H9FN2O. The second kappa shape index (κ2) is 3.16. The third kappa shape index (κ3) is 1.54. The zero-order valence-corrected chi connectivity index (χ0v) is 6.88. The lowest BCUT2D eigenvalue weighted by Gasteiger charge is -1.90. The summed E-state index contributed by atoms with van der Waals surface area (Å²) in [5.41, 5.74) is 3.14. The van der Waals surface area contributed by atoms with Crippen LogP contribution in [0.2, 0.25) is 0 Å². The highest BCUT2D eigenvalue weighted by Gasteiger charge is 2.03. The van der Waals surface area contributed by atoms with Crippen LogP contribution in [0, 0.1) is 5.82 Å². The van der Waals surface area contributed by atoms with Gasteiger partial charge in [0, 0.05) is 5.39 Å². The summed E-state index contributed by atoms with van der Waals surface area (Å²) in [6.07, 6.45) is 0. The van der Waals surface area contributed by atoms with E-state index in [1.807, 2.05) is 0 Å². The van der Waals surface area contributed by atoms with Crippen molar-refractivity contribution in [2.75, 3.05) is 0 Å². The van der Waals surface area contributed by atoms with Crippen LogP contribution in [0.1, 0.15) is 5.76 Å². The molecule has 0 atom stereocenters. The molecule has 3 N–H and O–H groups in total. The number of hydrazine groups is 1. The molecule has 0 fully saturated rings. The first-order valence-corrected chi connectivity index (χ1v) is 3.91. The molecular weight excluding hydrogens is 171 g/mol. The Hall–Kier alpha value is -1.39. The average molecular weight is 180 g/mol. The van der Waals surface area contributed by atoms with Crippen LogP contribution in [0.15, 0.2) is 28.7 Å². The molecule has 13 heavy (non-hydrogen) atoms. The summed E-state index contributed by atoms with van der Waals surface area (Å²) in [6.45, 7) is 0.441. The van der Waals surface area contributed by atoms with Crippen molar-refractivity contribution in [1.82, 2.24) is 5.43 Å². The third-order valence-electron chi connectivity index (χ3n) is 1.81. The highest BCUT2D eigenvalue weighted by Crippen LogP contribution is 2.19. The summed E-state index contributed by atoms with van der Waals surface area (Å²) in [5.74, 6) is 5.56. The lowest BCUT2D eigenvalue weighted by atomic mass is 10.2. The molecule has 0 aliphatic heterocycles. The maximum Gasteiger partial charge on any atom is 0.134 e. The number of halogens is 1. The lowest BCUT2D eigenvalue weighted by molar-refractivity contribution is 0.520. The van der Waals surface area contributed by atoms with Gasteiger partial charge in [-0.2, -0.15) is 0 Å². The molecule has 0 unspecified atom stereocenters. The van der Waals surface area contributed by atoms with Crippen LogP contribution in [0.5, 0.6) is 0 Å². The molecule has 4 heteroatoms. The van der Waals surface area contributed by atoms with Crippen molar-refractivity contribution in [3.63, 3.8) is 0 Å². The Balaban J connectivity index is 2.49. The van der Waals surface area contributed by atoms with E-state index < -0.39 is 0 Å². The highest BCUT2D eigenvalue weighted by molar-refractivity contribution is 5.77. The van der Waals surface area contributed by atoms with Gasteiger partial charge in [0.05, 0.1) is 6.54 Å². The maximum absolute atomic E-state index is 12.7. The van der Waals surface area contributed by atoms with E-state index in [0.717, 1.165) is 5.39 Å². The van der Waals surface area contributed by atoms with Crippen molar-refractivity contribution in [1.29, 1.82) is 0 Å². The molecule has 0 saturated heterocycles. The van der Waals surface area contributed by atoms with E-state index in [1.54, 1.807) is 12.1 Å². The largest absolute Gasteiger partial charge is 0.460 e. The van der Waals surface area contributed by atoms with Crippen LogP contribution >= 0.6 is 0 Å². The number of nitrogens with two attached hydrogens (primary N) is 1. The van der Waals surface area contributed by atoms with Crippen molar-refractivity contribution in [2.45, 2.75) is 6.54 Å². The maximum atomic E-state index is 12.7. The molecule has 1 aromatic carbocycles. The minimum atomic E-state index is -0.263. The highest BCUT2D eigenvalue weighted by atomic mass is 19.1. The molecule has 0 spiro atoms. The fraction of sp³-hybridized carbons (Fsp3) is 0.111. The van der Waals surface area contributed by atoms with Gasteiger partial charge in [0.15, 0.2) is 0 Å². The van der Waals surface area contributed by atoms with Crippen molar-refractivity contribution in [3.05, 3.63) is 35.8 Å². The van der Waals surface area contributed by atoms with Crippen molar-refractivity contribution in [2.24, 2.45) is 5.84 Å². The Labute approximate surface area is 74.3 Å². The van der Waals surface area contributed by atoms with Crippen LogP contribution in [0.3, 0.4) is 0 Å². The Morgan fingerprint density at radius 3 is 3.00 bits per heavy atom. The molecule has 0 amide bonds. The van der Waals surface area contributed by atoms with Gasteiger partial charge in [-0.05, 0) is 24.3 Å². The fourth-order valence-electron chi connectivity index (χ4n) is 1.26. The van der Waals surface area contributed by atoms with Gasteiger partial charge in [-0.1, -0.05) is 0 Å². The van der Waals surface area contributed by atoms with E-state index in [2.05, 4.69) is 5.43 Å². The molecule has 3 nitrogen and oxygen atoms in total. The topological polar surface area (TPSA) is 51.2 Å². The second-order valence-electron chi connectivity index (χ2n) is 2.78. The summed E-state index contributed by atoms with van der Waals surface area (Å²) < 4.78 is 18.1. The van der Waals surface area contributed by atoms with Crippen molar-refractivity contribution < 1.29 is 8.81 Å². The predicted molar refractivity (Wildman–Crippen MR) is 47.2 cm³/mol. The number of benzene rings is 1. The first-order chi connectivity index (χ1) is 6.29. The normalized spacial score (nSPS) is 10.9. The second-order valence-corrected chi connectivity index (χ2v) is 2.78. The zero-order chi connectivity index (χ0) is 9.26. The van der Waals surface area contributed by atoms with Gasteiger partial charge in [-0.3, -0.25) is 11.3 Å². The van der Waals surface area contributed by atoms with E-state index in [1.165, 1.54) is 12.1 Å². The van der Waals surface area contributed by atoms with E-state index >= 15 is 0 Å². The molecule has 0 aliphatic rings. The Morgan fingerprint density at radius 1 is 1.38 bits per heavy atom. The Bertz CT molecular complexity index is 424. The van der Waals surface area contributed by atoms with Crippen LogP contribution < -0.4 is 11.3 Å². The first kappa shape index (κ1) is 8.22. The van der Waals surface area contributed by atoms with Crippen molar-refractivity contribution in [3.8, 4) is 0 Å². The number of rotatable bonds is 2. The van der Waals surface area contributed by atoms with Gasteiger partial charge in [-0.15, -0.1) is 0 Å². The van der Waals surface area contributed by atoms with E-state index in [4.69, 9.17) is 10.3 Å².